The number of nitrogens with zero attached hydrogens (tertiary/aromatic N) is 1. The zero-order chi connectivity index (χ0) is 25.2. The molecule has 1 aromatic carbocycles. The van der Waals surface area contributed by atoms with Gasteiger partial charge in [0.2, 0.25) is 11.7 Å². The Labute approximate surface area is 197 Å². The Balaban J connectivity index is 1.70. The summed E-state index contributed by atoms with van der Waals surface area (Å²) in [5, 5.41) is 0. The molecule has 0 saturated carbocycles. The fourth-order valence-electron chi connectivity index (χ4n) is 4.04. The fourth-order valence-corrected chi connectivity index (χ4v) is 4.04. The second-order valence-corrected chi connectivity index (χ2v) is 8.00. The van der Waals surface area contributed by atoms with Crippen LogP contribution in [0.5, 0.6) is 11.5 Å². The van der Waals surface area contributed by atoms with Gasteiger partial charge >= 0.3 is 11.9 Å². The van der Waals surface area contributed by atoms with Crippen LogP contribution in [0.15, 0.2) is 18.2 Å². The first-order valence-electron chi connectivity index (χ1n) is 10.7. The number of H-pyrrole nitrogens is 1. The van der Waals surface area contributed by atoms with E-state index in [9.17, 15) is 19.2 Å². The number of esters is 2. The van der Waals surface area contributed by atoms with Crippen molar-refractivity contribution < 1.29 is 38.1 Å². The third kappa shape index (κ3) is 4.61. The average Bonchev–Trinajstić information content (AvgIpc) is 3.36. The number of ether oxygens (including phenoxy) is 4. The molecule has 10 heteroatoms. The van der Waals surface area contributed by atoms with Crippen molar-refractivity contribution in [1.29, 1.82) is 0 Å². The van der Waals surface area contributed by atoms with E-state index in [1.807, 2.05) is 0 Å². The molecule has 3 rings (SSSR count). The van der Waals surface area contributed by atoms with Gasteiger partial charge in [-0.2, -0.15) is 0 Å². The number of aromatic nitrogens is 1. The predicted molar refractivity (Wildman–Crippen MR) is 121 cm³/mol. The molecule has 0 unspecified atom stereocenters. The number of amides is 1. The number of anilines is 1. The second kappa shape index (κ2) is 9.98. The Morgan fingerprint density at radius 2 is 1.76 bits per heavy atom. The molecule has 2 heterocycles. The van der Waals surface area contributed by atoms with Gasteiger partial charge in [-0.25, -0.2) is 4.79 Å². The minimum atomic E-state index is -1.11. The highest BCUT2D eigenvalue weighted by Gasteiger charge is 2.38. The summed E-state index contributed by atoms with van der Waals surface area (Å²) in [7, 11) is 4.26. The maximum absolute atomic E-state index is 12.9. The molecule has 0 bridgehead atoms. The third-order valence-electron chi connectivity index (χ3n) is 5.87. The lowest BCUT2D eigenvalue weighted by molar-refractivity contribution is -0.151. The second-order valence-electron chi connectivity index (χ2n) is 8.00. The first-order chi connectivity index (χ1) is 16.1. The average molecular weight is 472 g/mol. The van der Waals surface area contributed by atoms with Gasteiger partial charge in [-0.05, 0) is 38.5 Å². The van der Waals surface area contributed by atoms with Crippen LogP contribution in [0.4, 0.5) is 5.69 Å². The lowest BCUT2D eigenvalue weighted by Crippen LogP contribution is -2.30. The van der Waals surface area contributed by atoms with E-state index < -0.39 is 29.7 Å². The number of ketones is 1. The Morgan fingerprint density at radius 3 is 2.38 bits per heavy atom. The monoisotopic (exact) mass is 472 g/mol. The summed E-state index contributed by atoms with van der Waals surface area (Å²) in [6, 6.07) is 5.04. The zero-order valence-electron chi connectivity index (χ0n) is 20.0. The Hall–Kier alpha value is -3.82. The van der Waals surface area contributed by atoms with Crippen LogP contribution in [0.2, 0.25) is 0 Å². The number of aromatic amines is 1. The molecule has 0 radical (unpaired) electrons. The molecule has 1 aromatic heterocycles. The topological polar surface area (TPSA) is 124 Å². The molecule has 182 valence electrons. The number of nitrogens with one attached hydrogen (secondary N) is 1. The number of carbonyl (C=O) groups is 4. The molecular formula is C24H28N2O8. The van der Waals surface area contributed by atoms with Crippen molar-refractivity contribution in [2.24, 2.45) is 5.92 Å². The van der Waals surface area contributed by atoms with Gasteiger partial charge in [0.25, 0.3) is 0 Å². The normalized spacial score (nSPS) is 16.2. The largest absolute Gasteiger partial charge is 0.493 e. The van der Waals surface area contributed by atoms with Crippen molar-refractivity contribution in [3.63, 3.8) is 0 Å². The third-order valence-corrected chi connectivity index (χ3v) is 5.87. The van der Waals surface area contributed by atoms with Crippen LogP contribution in [0.3, 0.4) is 0 Å². The van der Waals surface area contributed by atoms with Crippen molar-refractivity contribution in [1.82, 2.24) is 4.98 Å². The molecule has 0 spiro atoms. The number of Topliss-reactive ketones (excluding diaryl/α,β-unsaturated/α-hetero) is 1. The highest BCUT2D eigenvalue weighted by atomic mass is 16.5. The summed E-state index contributed by atoms with van der Waals surface area (Å²) in [6.07, 6.45) is -1.15. The van der Waals surface area contributed by atoms with E-state index in [1.165, 1.54) is 33.2 Å². The van der Waals surface area contributed by atoms with Gasteiger partial charge in [0.1, 0.15) is 0 Å². The van der Waals surface area contributed by atoms with Crippen molar-refractivity contribution in [3.05, 3.63) is 40.7 Å². The summed E-state index contributed by atoms with van der Waals surface area (Å²) in [4.78, 5) is 54.6. The molecule has 1 amide bonds. The first-order valence-corrected chi connectivity index (χ1v) is 10.7. The van der Waals surface area contributed by atoms with Gasteiger partial charge in [-0.3, -0.25) is 14.4 Å². The number of aryl methyl sites for hydroxylation is 1. The van der Waals surface area contributed by atoms with Crippen LogP contribution in [-0.2, 0) is 19.1 Å². The Kier molecular flexibility index (Phi) is 7.29. The number of methoxy groups -OCH3 is 3. The van der Waals surface area contributed by atoms with Crippen LogP contribution >= 0.6 is 0 Å². The van der Waals surface area contributed by atoms with E-state index in [0.29, 0.717) is 28.4 Å². The molecule has 0 aliphatic carbocycles. The van der Waals surface area contributed by atoms with E-state index in [4.69, 9.17) is 18.9 Å². The smallest absolute Gasteiger partial charge is 0.339 e. The van der Waals surface area contributed by atoms with Gasteiger partial charge in [-0.15, -0.1) is 0 Å². The first kappa shape index (κ1) is 24.8. The summed E-state index contributed by atoms with van der Waals surface area (Å²) < 4.78 is 20.7. The SMILES string of the molecule is COC(=O)c1c(C)[nH]c(C(=O)[C@H](C)OC(=O)[C@H]2CC(=O)N(c3ccc(OC)c(OC)c3)C2)c1C. The summed E-state index contributed by atoms with van der Waals surface area (Å²) in [5.41, 5.74) is 1.92. The standard InChI is InChI=1S/C24H28N2O8/c1-12-20(24(30)33-6)13(2)25-21(12)22(28)14(3)34-23(29)15-9-19(27)26(11-15)16-7-8-17(31-4)18(10-16)32-5/h7-8,10,14-15,25H,9,11H2,1-6H3/t14-,15-/m0/s1. The lowest BCUT2D eigenvalue weighted by atomic mass is 10.1. The van der Waals surface area contributed by atoms with Crippen LogP contribution in [0.25, 0.3) is 0 Å². The van der Waals surface area contributed by atoms with Crippen LogP contribution in [0.1, 0.15) is 45.4 Å². The summed E-state index contributed by atoms with van der Waals surface area (Å²) in [6.45, 7) is 4.84. The van der Waals surface area contributed by atoms with Crippen LogP contribution < -0.4 is 14.4 Å². The molecule has 2 atom stereocenters. The molecule has 1 fully saturated rings. The molecule has 1 aliphatic heterocycles. The maximum atomic E-state index is 12.9. The van der Waals surface area contributed by atoms with Gasteiger partial charge in [0.15, 0.2) is 17.6 Å². The lowest BCUT2D eigenvalue weighted by Gasteiger charge is -2.19. The van der Waals surface area contributed by atoms with E-state index in [0.717, 1.165) is 0 Å². The highest BCUT2D eigenvalue weighted by Crippen LogP contribution is 2.34. The van der Waals surface area contributed by atoms with Crippen molar-refractivity contribution >= 4 is 29.3 Å². The van der Waals surface area contributed by atoms with Gasteiger partial charge in [0, 0.05) is 30.4 Å². The van der Waals surface area contributed by atoms with Crippen LogP contribution in [-0.4, -0.2) is 62.6 Å². The Bertz CT molecular complexity index is 1140. The highest BCUT2D eigenvalue weighted by molar-refractivity contribution is 6.04. The summed E-state index contributed by atoms with van der Waals surface area (Å²) >= 11 is 0. The maximum Gasteiger partial charge on any atom is 0.339 e. The van der Waals surface area contributed by atoms with E-state index >= 15 is 0 Å². The molecule has 2 aromatic rings. The van der Waals surface area contributed by atoms with Crippen molar-refractivity contribution in [3.8, 4) is 11.5 Å². The molecule has 1 N–H and O–H groups in total. The Morgan fingerprint density at radius 1 is 1.09 bits per heavy atom. The number of rotatable bonds is 8. The number of hydrogen-bond acceptors (Lipinski definition) is 8. The molecule has 1 saturated heterocycles. The molecular weight excluding hydrogens is 444 g/mol. The van der Waals surface area contributed by atoms with Crippen LogP contribution in [0, 0.1) is 19.8 Å². The van der Waals surface area contributed by atoms with E-state index in [-0.39, 0.29) is 30.1 Å². The van der Waals surface area contributed by atoms with E-state index in [1.54, 1.807) is 32.0 Å². The van der Waals surface area contributed by atoms with Crippen molar-refractivity contribution in [2.75, 3.05) is 32.8 Å². The van der Waals surface area contributed by atoms with E-state index in [2.05, 4.69) is 4.98 Å². The number of hydrogen-bond donors (Lipinski definition) is 1. The molecule has 1 aliphatic rings. The van der Waals surface area contributed by atoms with Gasteiger partial charge in [0.05, 0.1) is 38.5 Å². The summed E-state index contributed by atoms with van der Waals surface area (Å²) in [5.74, 6) is -1.68. The number of benzene rings is 1. The van der Waals surface area contributed by atoms with Gasteiger partial charge < -0.3 is 28.8 Å². The minimum absolute atomic E-state index is 0.0405. The molecule has 34 heavy (non-hydrogen) atoms. The van der Waals surface area contributed by atoms with Gasteiger partial charge in [-0.1, -0.05) is 0 Å². The zero-order valence-corrected chi connectivity index (χ0v) is 20.0. The molecule has 10 nitrogen and oxygen atoms in total. The minimum Gasteiger partial charge on any atom is -0.493 e. The number of carbonyl (C=O) groups excluding carboxylic acids is 4. The predicted octanol–water partition coefficient (Wildman–Crippen LogP) is 2.60. The fraction of sp³-hybridized carbons (Fsp3) is 0.417. The van der Waals surface area contributed by atoms with Crippen molar-refractivity contribution in [2.45, 2.75) is 33.3 Å². The quantitative estimate of drug-likeness (QED) is 0.459.